The monoisotopic (exact) mass is 464 g/mol. The Labute approximate surface area is 171 Å². The van der Waals surface area contributed by atoms with Crippen molar-refractivity contribution >= 4 is 65.0 Å². The van der Waals surface area contributed by atoms with Crippen LogP contribution in [-0.4, -0.2) is 32.3 Å². The highest BCUT2D eigenvalue weighted by atomic mass is 79.9. The number of aliphatic hydroxyl groups excluding tert-OH is 1. The van der Waals surface area contributed by atoms with Gasteiger partial charge in [0.2, 0.25) is 0 Å². The zero-order valence-electron chi connectivity index (χ0n) is 14.1. The van der Waals surface area contributed by atoms with Crippen LogP contribution >= 0.6 is 38.9 Å². The molecule has 0 saturated carbocycles. The van der Waals surface area contributed by atoms with E-state index in [-0.39, 0.29) is 5.56 Å². The number of benzene rings is 1. The molecule has 0 amide bonds. The predicted molar refractivity (Wildman–Crippen MR) is 113 cm³/mol. The van der Waals surface area contributed by atoms with Gasteiger partial charge in [0, 0.05) is 17.8 Å². The smallest absolute Gasteiger partial charge is 0.275 e. The highest BCUT2D eigenvalue weighted by Crippen LogP contribution is 2.38. The van der Waals surface area contributed by atoms with Gasteiger partial charge in [-0.25, -0.2) is 9.97 Å². The molecule has 1 atom stereocenters. The van der Waals surface area contributed by atoms with Crippen LogP contribution in [-0.2, 0) is 0 Å². The molecule has 0 fully saturated rings. The zero-order chi connectivity index (χ0) is 19.1. The summed E-state index contributed by atoms with van der Waals surface area (Å²) in [4.78, 5) is 22.7. The van der Waals surface area contributed by atoms with Crippen molar-refractivity contribution in [2.24, 2.45) is 0 Å². The van der Waals surface area contributed by atoms with E-state index in [1.165, 1.54) is 22.2 Å². The second-order valence-electron chi connectivity index (χ2n) is 6.07. The lowest BCUT2D eigenvalue weighted by Crippen LogP contribution is -2.18. The van der Waals surface area contributed by atoms with Crippen molar-refractivity contribution in [2.75, 3.05) is 11.9 Å². The van der Waals surface area contributed by atoms with E-state index in [1.54, 1.807) is 37.4 Å². The van der Waals surface area contributed by atoms with Gasteiger partial charge in [0.05, 0.1) is 27.3 Å². The van der Waals surface area contributed by atoms with E-state index in [4.69, 9.17) is 11.6 Å². The van der Waals surface area contributed by atoms with E-state index in [1.807, 2.05) is 0 Å². The van der Waals surface area contributed by atoms with Crippen molar-refractivity contribution < 1.29 is 5.11 Å². The molecule has 2 N–H and O–H groups in total. The molecule has 0 aliphatic carbocycles. The molecule has 4 rings (SSSR count). The molecule has 0 spiro atoms. The van der Waals surface area contributed by atoms with Crippen molar-refractivity contribution in [2.45, 2.75) is 13.0 Å². The number of pyridine rings is 1. The summed E-state index contributed by atoms with van der Waals surface area (Å²) in [5.74, 6) is 0. The normalized spacial score (nSPS) is 12.6. The number of halogens is 2. The third-order valence-corrected chi connectivity index (χ3v) is 5.97. The predicted octanol–water partition coefficient (Wildman–Crippen LogP) is 4.20. The number of rotatable bonds is 4. The van der Waals surface area contributed by atoms with Crippen LogP contribution in [0.25, 0.3) is 26.1 Å². The molecule has 0 bridgehead atoms. The van der Waals surface area contributed by atoms with Crippen LogP contribution in [0.4, 0.5) is 5.69 Å². The van der Waals surface area contributed by atoms with Gasteiger partial charge < -0.3 is 10.4 Å². The Balaban J connectivity index is 1.94. The molecule has 0 aliphatic heterocycles. The minimum atomic E-state index is -0.514. The molecule has 0 radical (unpaired) electrons. The summed E-state index contributed by atoms with van der Waals surface area (Å²) in [6.45, 7) is 2.07. The molecule has 3 aromatic heterocycles. The number of hydrogen-bond acceptors (Lipinski definition) is 6. The maximum absolute atomic E-state index is 13.0. The molecule has 1 aromatic carbocycles. The minimum absolute atomic E-state index is 0.164. The Morgan fingerprint density at radius 3 is 2.78 bits per heavy atom. The first-order chi connectivity index (χ1) is 13.0. The van der Waals surface area contributed by atoms with E-state index in [2.05, 4.69) is 31.2 Å². The van der Waals surface area contributed by atoms with Crippen molar-refractivity contribution in [3.05, 3.63) is 56.6 Å². The number of hydrogen-bond donors (Lipinski definition) is 2. The molecular weight excluding hydrogens is 452 g/mol. The third-order valence-electron chi connectivity index (χ3n) is 4.04. The summed E-state index contributed by atoms with van der Waals surface area (Å²) >= 11 is 10.7. The molecular formula is C18H14BrClN4O2S. The topological polar surface area (TPSA) is 80.0 Å². The maximum atomic E-state index is 13.0. The quantitative estimate of drug-likeness (QED) is 0.472. The first-order valence-corrected chi connectivity index (χ1v) is 10.1. The Morgan fingerprint density at radius 2 is 2.07 bits per heavy atom. The molecule has 0 unspecified atom stereocenters. The number of aromatic nitrogens is 3. The number of nitrogens with zero attached hydrogens (tertiary/aromatic N) is 3. The van der Waals surface area contributed by atoms with E-state index in [0.29, 0.717) is 32.3 Å². The fraction of sp³-hybridized carbons (Fsp3) is 0.167. The molecule has 3 heterocycles. The van der Waals surface area contributed by atoms with Crippen LogP contribution in [0.1, 0.15) is 6.92 Å². The Kier molecular flexibility index (Phi) is 4.90. The van der Waals surface area contributed by atoms with Crippen molar-refractivity contribution in [3.63, 3.8) is 0 Å². The summed E-state index contributed by atoms with van der Waals surface area (Å²) < 4.78 is 2.76. The Morgan fingerprint density at radius 1 is 1.33 bits per heavy atom. The van der Waals surface area contributed by atoms with Gasteiger partial charge >= 0.3 is 0 Å². The molecule has 0 aliphatic rings. The summed E-state index contributed by atoms with van der Waals surface area (Å²) in [5, 5.41) is 14.2. The van der Waals surface area contributed by atoms with Gasteiger partial charge in [0.15, 0.2) is 0 Å². The number of aliphatic hydroxyl groups is 1. The summed E-state index contributed by atoms with van der Waals surface area (Å²) in [7, 11) is 0. The van der Waals surface area contributed by atoms with Gasteiger partial charge in [-0.1, -0.05) is 11.6 Å². The summed E-state index contributed by atoms with van der Waals surface area (Å²) in [5.41, 5.74) is 1.89. The van der Waals surface area contributed by atoms with E-state index < -0.39 is 6.10 Å². The second-order valence-corrected chi connectivity index (χ2v) is 8.36. The summed E-state index contributed by atoms with van der Waals surface area (Å²) in [6.07, 6.45) is 2.68. The van der Waals surface area contributed by atoms with Crippen molar-refractivity contribution in [3.8, 4) is 5.69 Å². The zero-order valence-corrected chi connectivity index (χ0v) is 17.3. The number of nitrogens with one attached hydrogen (secondary N) is 1. The minimum Gasteiger partial charge on any atom is -0.392 e. The fourth-order valence-electron chi connectivity index (χ4n) is 2.78. The second kappa shape index (κ2) is 7.20. The van der Waals surface area contributed by atoms with Gasteiger partial charge in [0.1, 0.15) is 21.4 Å². The molecule has 138 valence electrons. The van der Waals surface area contributed by atoms with Crippen LogP contribution < -0.4 is 10.9 Å². The molecule has 4 aromatic rings. The Hall–Kier alpha value is -2.00. The van der Waals surface area contributed by atoms with Gasteiger partial charge in [-0.05, 0) is 47.1 Å². The lowest BCUT2D eigenvalue weighted by atomic mass is 10.2. The maximum Gasteiger partial charge on any atom is 0.275 e. The molecule has 0 saturated heterocycles. The van der Waals surface area contributed by atoms with Crippen LogP contribution in [0.5, 0.6) is 0 Å². The number of anilines is 1. The van der Waals surface area contributed by atoms with Crippen LogP contribution in [0, 0.1) is 0 Å². The first-order valence-electron chi connectivity index (χ1n) is 8.12. The molecule has 27 heavy (non-hydrogen) atoms. The van der Waals surface area contributed by atoms with Gasteiger partial charge in [0.25, 0.3) is 5.56 Å². The van der Waals surface area contributed by atoms with Crippen molar-refractivity contribution in [1.82, 2.24) is 14.5 Å². The van der Waals surface area contributed by atoms with Gasteiger partial charge in [-0.15, -0.1) is 11.3 Å². The van der Waals surface area contributed by atoms with Gasteiger partial charge in [-0.3, -0.25) is 9.36 Å². The SMILES string of the molecule is C[C@@H](O)CNc1c(Br)cnc2sc3c(=O)n(-c4ccc(Cl)cc4)cnc3c12. The standard InChI is InChI=1S/C18H14BrClN4O2S/c1-9(25)6-21-14-12(19)7-22-17-13(14)15-16(27-17)18(26)24(8-23-15)11-4-2-10(20)3-5-11/h2-5,7-9,25H,6H2,1H3,(H,21,22)/t9-/m1/s1. The molecule has 9 heteroatoms. The third kappa shape index (κ3) is 3.34. The first kappa shape index (κ1) is 18.4. The highest BCUT2D eigenvalue weighted by Gasteiger charge is 2.18. The lowest BCUT2D eigenvalue weighted by Gasteiger charge is -2.11. The van der Waals surface area contributed by atoms with Gasteiger partial charge in [-0.2, -0.15) is 0 Å². The molecule has 6 nitrogen and oxygen atoms in total. The number of thiophene rings is 1. The van der Waals surface area contributed by atoms with E-state index in [9.17, 15) is 9.90 Å². The van der Waals surface area contributed by atoms with Crippen LogP contribution in [0.2, 0.25) is 5.02 Å². The largest absolute Gasteiger partial charge is 0.392 e. The summed E-state index contributed by atoms with van der Waals surface area (Å²) in [6, 6.07) is 7.01. The average Bonchev–Trinajstić information content (AvgIpc) is 3.02. The highest BCUT2D eigenvalue weighted by molar-refractivity contribution is 9.10. The average molecular weight is 466 g/mol. The van der Waals surface area contributed by atoms with E-state index in [0.717, 1.165) is 15.5 Å². The lowest BCUT2D eigenvalue weighted by molar-refractivity contribution is 0.208. The fourth-order valence-corrected chi connectivity index (χ4v) is 4.38. The van der Waals surface area contributed by atoms with Crippen LogP contribution in [0.3, 0.4) is 0 Å². The van der Waals surface area contributed by atoms with Crippen molar-refractivity contribution in [1.29, 1.82) is 0 Å². The Bertz CT molecular complexity index is 1200. The number of fused-ring (bicyclic) bond motifs is 3. The van der Waals surface area contributed by atoms with E-state index >= 15 is 0 Å². The van der Waals surface area contributed by atoms with Crippen LogP contribution in [0.15, 0.2) is 46.1 Å².